The van der Waals surface area contributed by atoms with Crippen LogP contribution in [-0.2, 0) is 19.1 Å². The number of morpholine rings is 1. The summed E-state index contributed by atoms with van der Waals surface area (Å²) in [6, 6.07) is 12.9. The molecule has 0 unspecified atom stereocenters. The quantitative estimate of drug-likeness (QED) is 0.301. The third-order valence-corrected chi connectivity index (χ3v) is 4.92. The highest BCUT2D eigenvalue weighted by atomic mass is 35.5. The van der Waals surface area contributed by atoms with Crippen molar-refractivity contribution in [1.82, 2.24) is 0 Å². The number of aliphatic hydroxyl groups excluding tert-OH is 1. The van der Waals surface area contributed by atoms with Crippen LogP contribution in [0.1, 0.15) is 18.9 Å². The summed E-state index contributed by atoms with van der Waals surface area (Å²) in [4.78, 5) is 38.3. The van der Waals surface area contributed by atoms with Gasteiger partial charge in [0.2, 0.25) is 5.91 Å². The Morgan fingerprint density at radius 2 is 1.73 bits per heavy atom. The zero-order valence-electron chi connectivity index (χ0n) is 17.9. The van der Waals surface area contributed by atoms with Crippen LogP contribution in [0.2, 0.25) is 0 Å². The molecular formula is C22H26ClN5O5. The minimum atomic E-state index is -1.72. The van der Waals surface area contributed by atoms with Crippen molar-refractivity contribution >= 4 is 53.0 Å². The molecule has 1 heterocycles. The summed E-state index contributed by atoms with van der Waals surface area (Å²) < 4.78 is 5.40. The number of hydrogen-bond acceptors (Lipinski definition) is 6. The number of amides is 3. The fourth-order valence-corrected chi connectivity index (χ4v) is 3.15. The first-order valence-corrected chi connectivity index (χ1v) is 10.1. The molecule has 0 bridgehead atoms. The topological polar surface area (TPSA) is 158 Å². The van der Waals surface area contributed by atoms with Gasteiger partial charge in [0.25, 0.3) is 11.8 Å². The predicted molar refractivity (Wildman–Crippen MR) is 127 cm³/mol. The zero-order valence-corrected chi connectivity index (χ0v) is 18.7. The van der Waals surface area contributed by atoms with Crippen molar-refractivity contribution in [2.24, 2.45) is 5.73 Å². The van der Waals surface area contributed by atoms with Gasteiger partial charge in [0, 0.05) is 35.6 Å². The molecule has 33 heavy (non-hydrogen) atoms. The van der Waals surface area contributed by atoms with Gasteiger partial charge in [-0.05, 0) is 48.5 Å². The van der Waals surface area contributed by atoms with Gasteiger partial charge in [-0.3, -0.25) is 19.8 Å². The second kappa shape index (κ2) is 11.4. The smallest absolute Gasteiger partial charge is 0.259 e. The Morgan fingerprint density at radius 3 is 2.30 bits per heavy atom. The number of carbonyl (C=O) groups excluding carboxylic acids is 3. The van der Waals surface area contributed by atoms with Crippen molar-refractivity contribution in [3.63, 3.8) is 0 Å². The van der Waals surface area contributed by atoms with Crippen molar-refractivity contribution in [3.05, 3.63) is 54.1 Å². The van der Waals surface area contributed by atoms with Crippen LogP contribution in [0, 0.1) is 5.41 Å². The number of carbonyl (C=O) groups is 3. The van der Waals surface area contributed by atoms with E-state index < -0.39 is 24.0 Å². The molecule has 0 aromatic heterocycles. The molecule has 2 aromatic rings. The molecule has 1 fully saturated rings. The molecule has 6 N–H and O–H groups in total. The molecule has 3 rings (SSSR count). The van der Waals surface area contributed by atoms with Crippen LogP contribution in [0.25, 0.3) is 0 Å². The largest absolute Gasteiger partial charge is 0.384 e. The van der Waals surface area contributed by atoms with E-state index in [-0.39, 0.29) is 37.3 Å². The van der Waals surface area contributed by atoms with Crippen LogP contribution in [-0.4, -0.2) is 54.0 Å². The Morgan fingerprint density at radius 1 is 1.15 bits per heavy atom. The summed E-state index contributed by atoms with van der Waals surface area (Å²) in [5.41, 5.74) is 7.44. The molecule has 0 saturated carbocycles. The first kappa shape index (κ1) is 25.8. The Kier molecular flexibility index (Phi) is 8.92. The van der Waals surface area contributed by atoms with Crippen LogP contribution in [0.5, 0.6) is 0 Å². The molecule has 3 amide bonds. The van der Waals surface area contributed by atoms with Gasteiger partial charge in [0.05, 0.1) is 6.61 Å². The number of ether oxygens (including phenoxy) is 1. The zero-order chi connectivity index (χ0) is 23.3. The molecule has 1 aliphatic rings. The fourth-order valence-electron chi connectivity index (χ4n) is 3.15. The van der Waals surface area contributed by atoms with Crippen LogP contribution >= 0.6 is 12.4 Å². The van der Waals surface area contributed by atoms with Gasteiger partial charge in [-0.2, -0.15) is 0 Å². The second-order valence-corrected chi connectivity index (χ2v) is 7.15. The van der Waals surface area contributed by atoms with Crippen molar-refractivity contribution in [3.8, 4) is 0 Å². The number of nitrogen functional groups attached to an aromatic ring is 1. The van der Waals surface area contributed by atoms with E-state index in [9.17, 15) is 19.5 Å². The summed E-state index contributed by atoms with van der Waals surface area (Å²) in [6.07, 6.45) is -2.73. The van der Waals surface area contributed by atoms with Gasteiger partial charge in [0.1, 0.15) is 5.84 Å². The summed E-state index contributed by atoms with van der Waals surface area (Å²) >= 11 is 0. The normalized spacial score (nSPS) is 16.4. The van der Waals surface area contributed by atoms with Crippen molar-refractivity contribution in [2.75, 3.05) is 28.7 Å². The van der Waals surface area contributed by atoms with E-state index in [1.165, 1.54) is 17.0 Å². The molecule has 10 nitrogen and oxygen atoms in total. The Labute approximate surface area is 197 Å². The summed E-state index contributed by atoms with van der Waals surface area (Å²) in [5, 5.41) is 23.1. The van der Waals surface area contributed by atoms with E-state index in [4.69, 9.17) is 15.9 Å². The Balaban J connectivity index is 0.00000385. The van der Waals surface area contributed by atoms with Gasteiger partial charge in [-0.1, -0.05) is 6.92 Å². The highest BCUT2D eigenvalue weighted by Crippen LogP contribution is 2.23. The molecule has 1 aliphatic heterocycles. The summed E-state index contributed by atoms with van der Waals surface area (Å²) in [7, 11) is 0. The minimum Gasteiger partial charge on any atom is -0.384 e. The monoisotopic (exact) mass is 475 g/mol. The Bertz CT molecular complexity index is 1010. The lowest BCUT2D eigenvalue weighted by atomic mass is 10.1. The maximum atomic E-state index is 12.9. The molecule has 2 aromatic carbocycles. The predicted octanol–water partition coefficient (Wildman–Crippen LogP) is 1.47. The summed E-state index contributed by atoms with van der Waals surface area (Å²) in [6.45, 7) is 2.15. The van der Waals surface area contributed by atoms with E-state index in [0.29, 0.717) is 29.0 Å². The van der Waals surface area contributed by atoms with Gasteiger partial charge in [-0.15, -0.1) is 12.4 Å². The molecule has 176 valence electrons. The molecule has 11 heteroatoms. The molecule has 0 radical (unpaired) electrons. The van der Waals surface area contributed by atoms with E-state index >= 15 is 0 Å². The van der Waals surface area contributed by atoms with E-state index in [0.717, 1.165) is 0 Å². The average molecular weight is 476 g/mol. The third-order valence-electron chi connectivity index (χ3n) is 4.92. The number of nitrogens with two attached hydrogens (primary N) is 1. The number of anilines is 3. The highest BCUT2D eigenvalue weighted by Gasteiger charge is 2.39. The van der Waals surface area contributed by atoms with Crippen LogP contribution in [0.3, 0.4) is 0 Å². The molecule has 2 atom stereocenters. The molecule has 0 aliphatic carbocycles. The fraction of sp³-hybridized carbons (Fsp3) is 0.273. The first-order chi connectivity index (χ1) is 15.3. The lowest BCUT2D eigenvalue weighted by Gasteiger charge is -2.34. The van der Waals surface area contributed by atoms with Gasteiger partial charge >= 0.3 is 0 Å². The number of halogens is 1. The van der Waals surface area contributed by atoms with Crippen molar-refractivity contribution in [1.29, 1.82) is 5.41 Å². The standard InChI is InChI=1S/C22H25N5O5.ClH/c1-2-17(28)25-14-7-9-16(10-8-14)27-11-12-32-19(22(27)31)18(29)21(30)26-15-5-3-13(4-6-15)20(23)24;/h3-10,18-19,29H,2,11-12H2,1H3,(H3,23,24)(H,25,28)(H,26,30);1H/t18-,19-;/m1./s1. The first-order valence-electron chi connectivity index (χ1n) is 10.1. The number of amidine groups is 1. The maximum Gasteiger partial charge on any atom is 0.259 e. The van der Waals surface area contributed by atoms with Crippen molar-refractivity contribution in [2.45, 2.75) is 25.6 Å². The number of nitrogens with one attached hydrogen (secondary N) is 3. The number of hydrogen-bond donors (Lipinski definition) is 5. The number of rotatable bonds is 7. The lowest BCUT2D eigenvalue weighted by Crippen LogP contribution is -2.55. The molecule has 0 spiro atoms. The van der Waals surface area contributed by atoms with Crippen LogP contribution in [0.15, 0.2) is 48.5 Å². The van der Waals surface area contributed by atoms with Crippen LogP contribution in [0.4, 0.5) is 17.1 Å². The Hall–Kier alpha value is -3.47. The van der Waals surface area contributed by atoms with E-state index in [1.807, 2.05) is 0 Å². The van der Waals surface area contributed by atoms with E-state index in [2.05, 4.69) is 10.6 Å². The highest BCUT2D eigenvalue weighted by molar-refractivity contribution is 6.04. The SMILES string of the molecule is CCC(=O)Nc1ccc(N2CCO[C@H]([C@@H](O)C(=O)Nc3ccc(C(=N)N)cc3)C2=O)cc1.Cl. The second-order valence-electron chi connectivity index (χ2n) is 7.15. The van der Waals surface area contributed by atoms with E-state index in [1.54, 1.807) is 43.3 Å². The average Bonchev–Trinajstić information content (AvgIpc) is 2.79. The van der Waals surface area contributed by atoms with Gasteiger partial charge in [0.15, 0.2) is 12.2 Å². The molecule has 1 saturated heterocycles. The lowest BCUT2D eigenvalue weighted by molar-refractivity contribution is -0.150. The van der Waals surface area contributed by atoms with Gasteiger partial charge in [-0.25, -0.2) is 0 Å². The summed E-state index contributed by atoms with van der Waals surface area (Å²) in [5.74, 6) is -1.56. The minimum absolute atomic E-state index is 0. The number of nitrogens with zero attached hydrogens (tertiary/aromatic N) is 1. The van der Waals surface area contributed by atoms with Crippen LogP contribution < -0.4 is 21.3 Å². The molecular weight excluding hydrogens is 450 g/mol. The van der Waals surface area contributed by atoms with Crippen molar-refractivity contribution < 1.29 is 24.2 Å². The maximum absolute atomic E-state index is 12.9. The number of benzene rings is 2. The number of aliphatic hydroxyl groups is 1. The third kappa shape index (κ3) is 6.28. The van der Waals surface area contributed by atoms with Gasteiger partial charge < -0.3 is 31.1 Å².